The molecule has 1 amide bonds. The third-order valence-electron chi connectivity index (χ3n) is 3.86. The molecular weight excluding hydrogens is 264 g/mol. The lowest BCUT2D eigenvalue weighted by molar-refractivity contribution is -0.126. The summed E-state index contributed by atoms with van der Waals surface area (Å²) in [5.74, 6) is 1.41. The van der Waals surface area contributed by atoms with E-state index in [2.05, 4.69) is 15.6 Å². The summed E-state index contributed by atoms with van der Waals surface area (Å²) in [6.45, 7) is 1.58. The summed E-state index contributed by atoms with van der Waals surface area (Å²) in [6, 6.07) is 9.51. The Balaban J connectivity index is 1.81. The van der Waals surface area contributed by atoms with Gasteiger partial charge in [-0.15, -0.1) is 0 Å². The van der Waals surface area contributed by atoms with E-state index >= 15 is 0 Å². The molecule has 1 aromatic heterocycles. The Hall–Kier alpha value is -2.61. The number of nitrogens with zero attached hydrogens (tertiary/aromatic N) is 4. The van der Waals surface area contributed by atoms with E-state index in [0.717, 1.165) is 24.5 Å². The fourth-order valence-corrected chi connectivity index (χ4v) is 2.77. The van der Waals surface area contributed by atoms with Crippen LogP contribution in [0.3, 0.4) is 0 Å². The zero-order chi connectivity index (χ0) is 14.8. The Morgan fingerprint density at radius 3 is 2.76 bits per heavy atom. The van der Waals surface area contributed by atoms with E-state index < -0.39 is 0 Å². The molecule has 0 spiro atoms. The van der Waals surface area contributed by atoms with Gasteiger partial charge in [0.15, 0.2) is 0 Å². The highest BCUT2D eigenvalue weighted by Gasteiger charge is 2.27. The number of imidazole rings is 1. The second-order valence-electron chi connectivity index (χ2n) is 5.44. The van der Waals surface area contributed by atoms with Crippen molar-refractivity contribution in [2.75, 3.05) is 13.6 Å². The molecule has 1 fully saturated rings. The van der Waals surface area contributed by atoms with Crippen LogP contribution in [-0.4, -0.2) is 34.0 Å². The highest BCUT2D eigenvalue weighted by atomic mass is 16.2. The van der Waals surface area contributed by atoms with Crippen LogP contribution in [0.1, 0.15) is 12.0 Å². The Labute approximate surface area is 123 Å². The number of hydrogen-bond acceptors (Lipinski definition) is 3. The van der Waals surface area contributed by atoms with E-state index in [1.165, 1.54) is 0 Å². The molecule has 2 heterocycles. The van der Waals surface area contributed by atoms with Crippen LogP contribution in [-0.2, 0) is 11.3 Å². The molecule has 0 radical (unpaired) electrons. The first-order valence-electron chi connectivity index (χ1n) is 6.93. The SMILES string of the molecule is CN1CC(Cn2ccnc2-c2ccc(C#N)cc2)CC1=O. The minimum Gasteiger partial charge on any atom is -0.345 e. The average molecular weight is 280 g/mol. The number of likely N-dealkylation sites (tertiary alicyclic amines) is 1. The van der Waals surface area contributed by atoms with Gasteiger partial charge >= 0.3 is 0 Å². The predicted octanol–water partition coefficient (Wildman–Crippen LogP) is 1.90. The lowest BCUT2D eigenvalue weighted by Gasteiger charge is -2.13. The molecule has 1 saturated heterocycles. The molecule has 1 unspecified atom stereocenters. The first-order valence-corrected chi connectivity index (χ1v) is 6.93. The van der Waals surface area contributed by atoms with Gasteiger partial charge in [0.2, 0.25) is 5.91 Å². The van der Waals surface area contributed by atoms with E-state index in [4.69, 9.17) is 5.26 Å². The third-order valence-corrected chi connectivity index (χ3v) is 3.86. The van der Waals surface area contributed by atoms with Crippen molar-refractivity contribution in [2.45, 2.75) is 13.0 Å². The van der Waals surface area contributed by atoms with Gasteiger partial charge in [-0.25, -0.2) is 4.98 Å². The number of hydrogen-bond donors (Lipinski definition) is 0. The summed E-state index contributed by atoms with van der Waals surface area (Å²) < 4.78 is 2.08. The van der Waals surface area contributed by atoms with Crippen LogP contribution < -0.4 is 0 Å². The maximum Gasteiger partial charge on any atom is 0.222 e. The Morgan fingerprint density at radius 2 is 2.14 bits per heavy atom. The zero-order valence-electron chi connectivity index (χ0n) is 11.9. The van der Waals surface area contributed by atoms with Gasteiger partial charge < -0.3 is 9.47 Å². The van der Waals surface area contributed by atoms with E-state index in [1.54, 1.807) is 23.2 Å². The summed E-state index contributed by atoms with van der Waals surface area (Å²) >= 11 is 0. The van der Waals surface area contributed by atoms with Crippen molar-refractivity contribution in [3.63, 3.8) is 0 Å². The molecule has 106 valence electrons. The van der Waals surface area contributed by atoms with Crippen LogP contribution >= 0.6 is 0 Å². The Morgan fingerprint density at radius 1 is 1.38 bits per heavy atom. The van der Waals surface area contributed by atoms with Crippen LogP contribution in [0.25, 0.3) is 11.4 Å². The second kappa shape index (κ2) is 5.41. The molecule has 1 aliphatic rings. The van der Waals surface area contributed by atoms with Gasteiger partial charge in [0, 0.05) is 50.4 Å². The number of benzene rings is 1. The standard InChI is InChI=1S/C16H16N4O/c1-19-10-13(8-15(19)21)11-20-7-6-18-16(20)14-4-2-12(9-17)3-5-14/h2-7,13H,8,10-11H2,1H3. The quantitative estimate of drug-likeness (QED) is 0.862. The van der Waals surface area contributed by atoms with Crippen molar-refractivity contribution in [1.29, 1.82) is 5.26 Å². The minimum absolute atomic E-state index is 0.208. The summed E-state index contributed by atoms with van der Waals surface area (Å²) in [5, 5.41) is 8.85. The van der Waals surface area contributed by atoms with Crippen LogP contribution in [0.2, 0.25) is 0 Å². The van der Waals surface area contributed by atoms with Gasteiger partial charge in [-0.05, 0) is 24.3 Å². The number of carbonyl (C=O) groups excluding carboxylic acids is 1. The third kappa shape index (κ3) is 2.65. The molecule has 0 saturated carbocycles. The summed E-state index contributed by atoms with van der Waals surface area (Å²) in [4.78, 5) is 17.8. The summed E-state index contributed by atoms with van der Waals surface area (Å²) in [7, 11) is 1.85. The number of aromatic nitrogens is 2. The van der Waals surface area contributed by atoms with E-state index in [9.17, 15) is 4.79 Å². The van der Waals surface area contributed by atoms with Crippen molar-refractivity contribution in [3.8, 4) is 17.5 Å². The summed E-state index contributed by atoms with van der Waals surface area (Å²) in [5.41, 5.74) is 1.62. The van der Waals surface area contributed by atoms with Crippen LogP contribution in [0.5, 0.6) is 0 Å². The lowest BCUT2D eigenvalue weighted by Crippen LogP contribution is -2.20. The Kier molecular flexibility index (Phi) is 3.44. The number of rotatable bonds is 3. The molecule has 1 aliphatic heterocycles. The molecule has 5 nitrogen and oxygen atoms in total. The fourth-order valence-electron chi connectivity index (χ4n) is 2.77. The van der Waals surface area contributed by atoms with Crippen LogP contribution in [0, 0.1) is 17.2 Å². The van der Waals surface area contributed by atoms with Crippen molar-refractivity contribution >= 4 is 5.91 Å². The van der Waals surface area contributed by atoms with Gasteiger partial charge in [-0.3, -0.25) is 4.79 Å². The monoisotopic (exact) mass is 280 g/mol. The van der Waals surface area contributed by atoms with Gasteiger partial charge in [0.25, 0.3) is 0 Å². The fraction of sp³-hybridized carbons (Fsp3) is 0.312. The van der Waals surface area contributed by atoms with Gasteiger partial charge in [-0.1, -0.05) is 0 Å². The molecule has 3 rings (SSSR count). The number of nitriles is 1. The number of amides is 1. The largest absolute Gasteiger partial charge is 0.345 e. The highest BCUT2D eigenvalue weighted by molar-refractivity contribution is 5.78. The van der Waals surface area contributed by atoms with E-state index in [0.29, 0.717) is 17.9 Å². The van der Waals surface area contributed by atoms with Crippen molar-refractivity contribution in [2.24, 2.45) is 5.92 Å². The van der Waals surface area contributed by atoms with Crippen molar-refractivity contribution in [3.05, 3.63) is 42.2 Å². The molecule has 2 aromatic rings. The maximum absolute atomic E-state index is 11.6. The topological polar surface area (TPSA) is 61.9 Å². The normalized spacial score (nSPS) is 18.0. The van der Waals surface area contributed by atoms with Crippen molar-refractivity contribution < 1.29 is 4.79 Å². The molecule has 1 aromatic carbocycles. The predicted molar refractivity (Wildman–Crippen MR) is 78.1 cm³/mol. The minimum atomic E-state index is 0.208. The van der Waals surface area contributed by atoms with Gasteiger partial charge in [0.05, 0.1) is 11.6 Å². The second-order valence-corrected chi connectivity index (χ2v) is 5.44. The number of carbonyl (C=O) groups is 1. The smallest absolute Gasteiger partial charge is 0.222 e. The van der Waals surface area contributed by atoms with Gasteiger partial charge in [-0.2, -0.15) is 5.26 Å². The molecule has 0 aliphatic carbocycles. The van der Waals surface area contributed by atoms with Crippen molar-refractivity contribution in [1.82, 2.24) is 14.5 Å². The van der Waals surface area contributed by atoms with Gasteiger partial charge in [0.1, 0.15) is 5.82 Å². The summed E-state index contributed by atoms with van der Waals surface area (Å²) in [6.07, 6.45) is 4.31. The lowest BCUT2D eigenvalue weighted by atomic mass is 10.1. The average Bonchev–Trinajstić information content (AvgIpc) is 3.07. The maximum atomic E-state index is 11.6. The highest BCUT2D eigenvalue weighted by Crippen LogP contribution is 2.23. The first-order chi connectivity index (χ1) is 10.2. The van der Waals surface area contributed by atoms with E-state index in [1.807, 2.05) is 25.4 Å². The molecule has 0 bridgehead atoms. The molecule has 1 atom stereocenters. The molecule has 0 N–H and O–H groups in total. The van der Waals surface area contributed by atoms with Crippen LogP contribution in [0.4, 0.5) is 0 Å². The van der Waals surface area contributed by atoms with E-state index in [-0.39, 0.29) is 5.91 Å². The molecule has 5 heteroatoms. The zero-order valence-corrected chi connectivity index (χ0v) is 11.9. The molecular formula is C16H16N4O. The molecule has 21 heavy (non-hydrogen) atoms. The first kappa shape index (κ1) is 13.4. The van der Waals surface area contributed by atoms with Crippen LogP contribution in [0.15, 0.2) is 36.7 Å². The Bertz CT molecular complexity index is 696.